The van der Waals surface area contributed by atoms with Crippen molar-refractivity contribution in [2.75, 3.05) is 25.0 Å². The van der Waals surface area contributed by atoms with Gasteiger partial charge in [-0.25, -0.2) is 9.97 Å². The standard InChI is InChI=1S/C19H25F3N6S/c1-23-18(26-12-17-27-15(13-29-17)19(20,21)22)25-11-14-6-7-24-16(10-14)28-8-4-2-3-5-9-28/h6-7,10,13H,2-5,8-9,11-12H2,1H3,(H2,23,25,26). The van der Waals surface area contributed by atoms with Gasteiger partial charge in [0.2, 0.25) is 0 Å². The predicted molar refractivity (Wildman–Crippen MR) is 109 cm³/mol. The number of thiazole rings is 1. The van der Waals surface area contributed by atoms with Gasteiger partial charge in [-0.15, -0.1) is 11.3 Å². The third-order valence-electron chi connectivity index (χ3n) is 4.67. The number of rotatable bonds is 5. The Morgan fingerprint density at radius 2 is 1.90 bits per heavy atom. The van der Waals surface area contributed by atoms with Crippen molar-refractivity contribution in [3.63, 3.8) is 0 Å². The van der Waals surface area contributed by atoms with Gasteiger partial charge >= 0.3 is 6.18 Å². The fourth-order valence-corrected chi connectivity index (χ4v) is 3.87. The van der Waals surface area contributed by atoms with E-state index < -0.39 is 11.9 Å². The topological polar surface area (TPSA) is 65.4 Å². The van der Waals surface area contributed by atoms with Crippen LogP contribution in [0.4, 0.5) is 19.0 Å². The van der Waals surface area contributed by atoms with Crippen molar-refractivity contribution in [3.8, 4) is 0 Å². The quantitative estimate of drug-likeness (QED) is 0.562. The number of nitrogens with zero attached hydrogens (tertiary/aromatic N) is 4. The second-order valence-corrected chi connectivity index (χ2v) is 7.77. The highest BCUT2D eigenvalue weighted by Crippen LogP contribution is 2.29. The molecule has 1 fully saturated rings. The molecular weight excluding hydrogens is 401 g/mol. The number of halogens is 3. The lowest BCUT2D eigenvalue weighted by molar-refractivity contribution is -0.140. The van der Waals surface area contributed by atoms with Crippen molar-refractivity contribution in [3.05, 3.63) is 40.0 Å². The molecule has 0 atom stereocenters. The number of hydrogen-bond donors (Lipinski definition) is 2. The number of hydrogen-bond acceptors (Lipinski definition) is 5. The van der Waals surface area contributed by atoms with E-state index in [1.54, 1.807) is 7.05 Å². The Kier molecular flexibility index (Phi) is 7.29. The van der Waals surface area contributed by atoms with Crippen molar-refractivity contribution >= 4 is 23.1 Å². The van der Waals surface area contributed by atoms with Crippen molar-refractivity contribution in [1.29, 1.82) is 0 Å². The summed E-state index contributed by atoms with van der Waals surface area (Å²) in [6.07, 6.45) is 2.30. The van der Waals surface area contributed by atoms with E-state index in [1.165, 1.54) is 25.7 Å². The number of pyridine rings is 1. The minimum Gasteiger partial charge on any atom is -0.357 e. The Morgan fingerprint density at radius 3 is 2.55 bits per heavy atom. The molecule has 6 nitrogen and oxygen atoms in total. The molecule has 1 aliphatic rings. The summed E-state index contributed by atoms with van der Waals surface area (Å²) >= 11 is 0.973. The first kappa shape index (κ1) is 21.4. The lowest BCUT2D eigenvalue weighted by Crippen LogP contribution is -2.36. The van der Waals surface area contributed by atoms with Crippen LogP contribution in [0.5, 0.6) is 0 Å². The van der Waals surface area contributed by atoms with Crippen LogP contribution in [0.25, 0.3) is 0 Å². The molecule has 0 radical (unpaired) electrons. The second-order valence-electron chi connectivity index (χ2n) is 6.83. The average molecular weight is 427 g/mol. The third kappa shape index (κ3) is 6.31. The first-order valence-electron chi connectivity index (χ1n) is 9.61. The monoisotopic (exact) mass is 426 g/mol. The minimum absolute atomic E-state index is 0.176. The van der Waals surface area contributed by atoms with Crippen LogP contribution in [0.15, 0.2) is 28.7 Å². The maximum absolute atomic E-state index is 12.6. The number of aliphatic imine (C=N–C) groups is 1. The van der Waals surface area contributed by atoms with Gasteiger partial charge in [-0.2, -0.15) is 13.2 Å². The molecule has 0 aliphatic carbocycles. The summed E-state index contributed by atoms with van der Waals surface area (Å²) in [5, 5.41) is 7.56. The second kappa shape index (κ2) is 9.91. The van der Waals surface area contributed by atoms with Crippen molar-refractivity contribution in [2.24, 2.45) is 4.99 Å². The molecule has 0 saturated carbocycles. The van der Waals surface area contributed by atoms with E-state index in [0.29, 0.717) is 17.5 Å². The van der Waals surface area contributed by atoms with Gasteiger partial charge in [0, 0.05) is 38.3 Å². The van der Waals surface area contributed by atoms with Crippen LogP contribution in [0.1, 0.15) is 41.9 Å². The fourth-order valence-electron chi connectivity index (χ4n) is 3.13. The van der Waals surface area contributed by atoms with E-state index in [2.05, 4.69) is 36.6 Å². The maximum atomic E-state index is 12.6. The van der Waals surface area contributed by atoms with Crippen LogP contribution >= 0.6 is 11.3 Å². The van der Waals surface area contributed by atoms with E-state index in [1.807, 2.05) is 12.3 Å². The molecule has 2 N–H and O–H groups in total. The minimum atomic E-state index is -4.42. The Hall–Kier alpha value is -2.36. The SMILES string of the molecule is CN=C(NCc1ccnc(N2CCCCCC2)c1)NCc1nc(C(F)(F)F)cs1. The number of anilines is 1. The van der Waals surface area contributed by atoms with Gasteiger partial charge in [0.1, 0.15) is 10.8 Å². The Balaban J connectivity index is 1.53. The van der Waals surface area contributed by atoms with Gasteiger partial charge in [0.25, 0.3) is 0 Å². The maximum Gasteiger partial charge on any atom is 0.434 e. The molecule has 2 aromatic rings. The van der Waals surface area contributed by atoms with Crippen molar-refractivity contribution in [1.82, 2.24) is 20.6 Å². The van der Waals surface area contributed by atoms with Gasteiger partial charge < -0.3 is 15.5 Å². The molecule has 0 spiro atoms. The zero-order chi connectivity index (χ0) is 20.7. The summed E-state index contributed by atoms with van der Waals surface area (Å²) in [5.74, 6) is 1.48. The van der Waals surface area contributed by atoms with Gasteiger partial charge in [-0.05, 0) is 30.5 Å². The first-order valence-corrected chi connectivity index (χ1v) is 10.5. The first-order chi connectivity index (χ1) is 14.0. The molecule has 2 aromatic heterocycles. The number of guanidine groups is 1. The van der Waals surface area contributed by atoms with Crippen LogP contribution in [0, 0.1) is 0 Å². The molecule has 29 heavy (non-hydrogen) atoms. The van der Waals surface area contributed by atoms with Crippen LogP contribution in [-0.2, 0) is 19.3 Å². The molecule has 0 amide bonds. The molecule has 3 rings (SSSR count). The summed E-state index contributed by atoms with van der Waals surface area (Å²) in [4.78, 5) is 14.6. The van der Waals surface area contributed by atoms with E-state index >= 15 is 0 Å². The molecule has 10 heteroatoms. The smallest absolute Gasteiger partial charge is 0.357 e. The average Bonchev–Trinajstić information content (AvgIpc) is 3.03. The predicted octanol–water partition coefficient (Wildman–Crippen LogP) is 3.80. The highest BCUT2D eigenvalue weighted by atomic mass is 32.1. The third-order valence-corrected chi connectivity index (χ3v) is 5.52. The lowest BCUT2D eigenvalue weighted by atomic mass is 10.2. The summed E-state index contributed by atoms with van der Waals surface area (Å²) in [7, 11) is 1.62. The summed E-state index contributed by atoms with van der Waals surface area (Å²) < 4.78 is 37.9. The van der Waals surface area contributed by atoms with Gasteiger partial charge in [-0.3, -0.25) is 4.99 Å². The van der Waals surface area contributed by atoms with Gasteiger partial charge in [0.15, 0.2) is 11.7 Å². The highest BCUT2D eigenvalue weighted by Gasteiger charge is 2.33. The molecular formula is C19H25F3N6S. The van der Waals surface area contributed by atoms with Gasteiger partial charge in [-0.1, -0.05) is 12.8 Å². The van der Waals surface area contributed by atoms with Crippen LogP contribution < -0.4 is 15.5 Å². The van der Waals surface area contributed by atoms with E-state index in [4.69, 9.17) is 0 Å². The lowest BCUT2D eigenvalue weighted by Gasteiger charge is -2.22. The molecule has 0 bridgehead atoms. The van der Waals surface area contributed by atoms with E-state index in [-0.39, 0.29) is 6.54 Å². The van der Waals surface area contributed by atoms with Crippen molar-refractivity contribution in [2.45, 2.75) is 44.9 Å². The van der Waals surface area contributed by atoms with Crippen LogP contribution in [0.3, 0.4) is 0 Å². The Morgan fingerprint density at radius 1 is 1.17 bits per heavy atom. The van der Waals surface area contributed by atoms with E-state index in [9.17, 15) is 13.2 Å². The normalized spacial score (nSPS) is 15.9. The summed E-state index contributed by atoms with van der Waals surface area (Å²) in [5.41, 5.74) is 0.205. The van der Waals surface area contributed by atoms with Crippen molar-refractivity contribution < 1.29 is 13.2 Å². The molecule has 0 unspecified atom stereocenters. The number of alkyl halides is 3. The fraction of sp³-hybridized carbons (Fsp3) is 0.526. The summed E-state index contributed by atoms with van der Waals surface area (Å²) in [6, 6.07) is 4.01. The number of nitrogens with one attached hydrogen (secondary N) is 2. The highest BCUT2D eigenvalue weighted by molar-refractivity contribution is 7.09. The van der Waals surface area contributed by atoms with Gasteiger partial charge in [0.05, 0.1) is 6.54 Å². The summed E-state index contributed by atoms with van der Waals surface area (Å²) in [6.45, 7) is 2.77. The van der Waals surface area contributed by atoms with Crippen LogP contribution in [-0.4, -0.2) is 36.1 Å². The zero-order valence-corrected chi connectivity index (χ0v) is 17.1. The molecule has 1 aliphatic heterocycles. The van der Waals surface area contributed by atoms with Crippen LogP contribution in [0.2, 0.25) is 0 Å². The molecule has 0 aromatic carbocycles. The zero-order valence-electron chi connectivity index (χ0n) is 16.3. The molecule has 3 heterocycles. The number of aromatic nitrogens is 2. The Bertz CT molecular complexity index is 812. The molecule has 1 saturated heterocycles. The largest absolute Gasteiger partial charge is 0.434 e. The van der Waals surface area contributed by atoms with E-state index in [0.717, 1.165) is 41.2 Å². The Labute approximate surface area is 172 Å². The molecule has 158 valence electrons.